The fourth-order valence-electron chi connectivity index (χ4n) is 1.69. The quantitative estimate of drug-likeness (QED) is 0.673. The fraction of sp³-hybridized carbons (Fsp3) is 0.0625. The second-order valence-corrected chi connectivity index (χ2v) is 5.20. The molecule has 1 N–H and O–H groups in total. The second-order valence-electron chi connectivity index (χ2n) is 4.35. The molecule has 2 aromatic rings. The Balaban J connectivity index is 2.10. The Labute approximate surface area is 135 Å². The molecule has 0 saturated heterocycles. The van der Waals surface area contributed by atoms with Gasteiger partial charge < -0.3 is 5.32 Å². The minimum Gasteiger partial charge on any atom is -0.346 e. The molecule has 0 aliphatic rings. The Kier molecular flexibility index (Phi) is 5.39. The van der Waals surface area contributed by atoms with Gasteiger partial charge in [-0.25, -0.2) is 4.39 Å². The number of aromatic nitrogens is 1. The van der Waals surface area contributed by atoms with Crippen molar-refractivity contribution in [2.75, 3.05) is 0 Å². The van der Waals surface area contributed by atoms with Gasteiger partial charge in [-0.05, 0) is 51.8 Å². The number of halogens is 2. The van der Waals surface area contributed by atoms with E-state index in [9.17, 15) is 9.18 Å². The van der Waals surface area contributed by atoms with Crippen LogP contribution in [-0.4, -0.2) is 10.9 Å². The average molecular weight is 360 g/mol. The summed E-state index contributed by atoms with van der Waals surface area (Å²) in [4.78, 5) is 16.1. The molecule has 1 heterocycles. The highest BCUT2D eigenvalue weighted by molar-refractivity contribution is 9.10. The summed E-state index contributed by atoms with van der Waals surface area (Å²) in [7, 11) is 0. The zero-order valence-corrected chi connectivity index (χ0v) is 13.0. The predicted octanol–water partition coefficient (Wildman–Crippen LogP) is 3.21. The minimum absolute atomic E-state index is 0.0607. The zero-order chi connectivity index (χ0) is 15.9. The van der Waals surface area contributed by atoms with Gasteiger partial charge in [0.15, 0.2) is 0 Å². The summed E-state index contributed by atoms with van der Waals surface area (Å²) in [6.45, 7) is 0.228. The van der Waals surface area contributed by atoms with E-state index in [4.69, 9.17) is 5.26 Å². The predicted molar refractivity (Wildman–Crippen MR) is 83.8 cm³/mol. The molecule has 110 valence electrons. The standard InChI is InChI=1S/C16H11BrFN3O/c17-14-8-11(4-5-15(14)18)7-12(9-19)16(22)21-10-13-3-1-2-6-20-13/h1-8H,10H2,(H,21,22)/b12-7-. The Bertz CT molecular complexity index is 754. The summed E-state index contributed by atoms with van der Waals surface area (Å²) in [5, 5.41) is 11.7. The van der Waals surface area contributed by atoms with Crippen LogP contribution in [-0.2, 0) is 11.3 Å². The summed E-state index contributed by atoms with van der Waals surface area (Å²) in [6.07, 6.45) is 3.02. The van der Waals surface area contributed by atoms with Crippen molar-refractivity contribution in [1.29, 1.82) is 5.26 Å². The van der Waals surface area contributed by atoms with Gasteiger partial charge >= 0.3 is 0 Å². The van der Waals surface area contributed by atoms with E-state index < -0.39 is 11.7 Å². The van der Waals surface area contributed by atoms with E-state index in [0.717, 1.165) is 0 Å². The number of hydrogen-bond acceptors (Lipinski definition) is 3. The lowest BCUT2D eigenvalue weighted by molar-refractivity contribution is -0.117. The number of benzene rings is 1. The zero-order valence-electron chi connectivity index (χ0n) is 11.4. The highest BCUT2D eigenvalue weighted by Crippen LogP contribution is 2.18. The highest BCUT2D eigenvalue weighted by Gasteiger charge is 2.09. The van der Waals surface area contributed by atoms with Crippen molar-refractivity contribution >= 4 is 27.9 Å². The number of carbonyl (C=O) groups is 1. The maximum atomic E-state index is 13.2. The van der Waals surface area contributed by atoms with Crippen molar-refractivity contribution in [1.82, 2.24) is 10.3 Å². The lowest BCUT2D eigenvalue weighted by atomic mass is 10.1. The summed E-state index contributed by atoms with van der Waals surface area (Å²) < 4.78 is 13.4. The smallest absolute Gasteiger partial charge is 0.262 e. The third-order valence-corrected chi connectivity index (χ3v) is 3.38. The fourth-order valence-corrected chi connectivity index (χ4v) is 2.08. The van der Waals surface area contributed by atoms with Gasteiger partial charge in [0, 0.05) is 6.20 Å². The first-order valence-corrected chi connectivity index (χ1v) is 7.14. The van der Waals surface area contributed by atoms with Crippen molar-refractivity contribution in [3.05, 3.63) is 69.7 Å². The molecule has 0 fully saturated rings. The monoisotopic (exact) mass is 359 g/mol. The molecule has 0 bridgehead atoms. The molecule has 6 heteroatoms. The van der Waals surface area contributed by atoms with Gasteiger partial charge in [-0.2, -0.15) is 5.26 Å². The Morgan fingerprint density at radius 2 is 2.23 bits per heavy atom. The third kappa shape index (κ3) is 4.24. The molecular weight excluding hydrogens is 349 g/mol. The molecular formula is C16H11BrFN3O. The first kappa shape index (κ1) is 15.9. The van der Waals surface area contributed by atoms with Crippen LogP contribution >= 0.6 is 15.9 Å². The topological polar surface area (TPSA) is 65.8 Å². The Hall–Kier alpha value is -2.52. The number of amides is 1. The van der Waals surface area contributed by atoms with E-state index >= 15 is 0 Å². The van der Waals surface area contributed by atoms with Crippen LogP contribution < -0.4 is 5.32 Å². The summed E-state index contributed by atoms with van der Waals surface area (Å²) in [5.41, 5.74) is 1.19. The molecule has 0 unspecified atom stereocenters. The number of carbonyl (C=O) groups excluding carboxylic acids is 1. The van der Waals surface area contributed by atoms with Gasteiger partial charge in [-0.15, -0.1) is 0 Å². The largest absolute Gasteiger partial charge is 0.346 e. The van der Waals surface area contributed by atoms with E-state index in [1.807, 2.05) is 12.1 Å². The van der Waals surface area contributed by atoms with Crippen LogP contribution in [0.2, 0.25) is 0 Å². The van der Waals surface area contributed by atoms with Gasteiger partial charge in [0.1, 0.15) is 17.5 Å². The Morgan fingerprint density at radius 1 is 1.41 bits per heavy atom. The molecule has 22 heavy (non-hydrogen) atoms. The van der Waals surface area contributed by atoms with Gasteiger partial charge in [-0.1, -0.05) is 12.1 Å². The van der Waals surface area contributed by atoms with Crippen LogP contribution in [0, 0.1) is 17.1 Å². The van der Waals surface area contributed by atoms with Crippen LogP contribution in [0.5, 0.6) is 0 Å². The first-order valence-electron chi connectivity index (χ1n) is 6.35. The molecule has 0 aliphatic carbocycles. The van der Waals surface area contributed by atoms with Crippen molar-refractivity contribution < 1.29 is 9.18 Å². The number of pyridine rings is 1. The van der Waals surface area contributed by atoms with Gasteiger partial charge in [-0.3, -0.25) is 9.78 Å². The summed E-state index contributed by atoms with van der Waals surface area (Å²) in [6, 6.07) is 11.4. The number of nitrogens with one attached hydrogen (secondary N) is 1. The number of hydrogen-bond donors (Lipinski definition) is 1. The van der Waals surface area contributed by atoms with Crippen molar-refractivity contribution in [3.8, 4) is 6.07 Å². The first-order chi connectivity index (χ1) is 10.6. The lowest BCUT2D eigenvalue weighted by Crippen LogP contribution is -2.24. The lowest BCUT2D eigenvalue weighted by Gasteiger charge is -2.04. The maximum absolute atomic E-state index is 13.2. The number of rotatable bonds is 4. The van der Waals surface area contributed by atoms with Crippen LogP contribution in [0.25, 0.3) is 6.08 Å². The number of nitrogens with zero attached hydrogens (tertiary/aromatic N) is 2. The molecule has 1 aromatic carbocycles. The molecule has 2 rings (SSSR count). The van der Waals surface area contributed by atoms with Crippen LogP contribution in [0.4, 0.5) is 4.39 Å². The minimum atomic E-state index is -0.506. The Morgan fingerprint density at radius 3 is 2.86 bits per heavy atom. The maximum Gasteiger partial charge on any atom is 0.262 e. The molecule has 0 spiro atoms. The van der Waals surface area contributed by atoms with Gasteiger partial charge in [0.25, 0.3) is 5.91 Å². The normalized spacial score (nSPS) is 10.9. The van der Waals surface area contributed by atoms with Gasteiger partial charge in [0.05, 0.1) is 16.7 Å². The SMILES string of the molecule is N#C/C(=C/c1ccc(F)c(Br)c1)C(=O)NCc1ccccn1. The van der Waals surface area contributed by atoms with Crippen LogP contribution in [0.1, 0.15) is 11.3 Å². The molecule has 0 radical (unpaired) electrons. The van der Waals surface area contributed by atoms with Crippen molar-refractivity contribution in [2.45, 2.75) is 6.54 Å². The second kappa shape index (κ2) is 7.48. The highest BCUT2D eigenvalue weighted by atomic mass is 79.9. The molecule has 0 saturated carbocycles. The van der Waals surface area contributed by atoms with Gasteiger partial charge in [0.2, 0.25) is 0 Å². The molecule has 0 aliphatic heterocycles. The summed E-state index contributed by atoms with van der Waals surface area (Å²) in [5.74, 6) is -0.913. The molecule has 4 nitrogen and oxygen atoms in total. The number of nitriles is 1. The summed E-state index contributed by atoms with van der Waals surface area (Å²) >= 11 is 3.06. The van der Waals surface area contributed by atoms with E-state index in [1.54, 1.807) is 18.3 Å². The van der Waals surface area contributed by atoms with Crippen LogP contribution in [0.3, 0.4) is 0 Å². The van der Waals surface area contributed by atoms with E-state index in [-0.39, 0.29) is 16.6 Å². The van der Waals surface area contributed by atoms with Crippen LogP contribution in [0.15, 0.2) is 52.6 Å². The third-order valence-electron chi connectivity index (χ3n) is 2.78. The van der Waals surface area contributed by atoms with Crippen molar-refractivity contribution in [3.63, 3.8) is 0 Å². The molecule has 0 atom stereocenters. The average Bonchev–Trinajstić information content (AvgIpc) is 2.54. The van der Waals surface area contributed by atoms with E-state index in [2.05, 4.69) is 26.2 Å². The molecule has 1 amide bonds. The van der Waals surface area contributed by atoms with E-state index in [1.165, 1.54) is 24.3 Å². The van der Waals surface area contributed by atoms with Crippen molar-refractivity contribution in [2.24, 2.45) is 0 Å². The van der Waals surface area contributed by atoms with E-state index in [0.29, 0.717) is 11.3 Å². The molecule has 1 aromatic heterocycles.